The first-order valence-electron chi connectivity index (χ1n) is 7.96. The van der Waals surface area contributed by atoms with E-state index >= 15 is 0 Å². The number of carbonyl (C=O) groups is 2. The van der Waals surface area contributed by atoms with Crippen LogP contribution in [0.4, 0.5) is 5.82 Å². The maximum Gasteiger partial charge on any atom is 0.256 e. The largest absolute Gasteiger partial charge is 0.491 e. The second-order valence-electron chi connectivity index (χ2n) is 5.66. The molecule has 0 saturated heterocycles. The number of nitrogens with zero attached hydrogens (tertiary/aromatic N) is 2. The molecule has 0 saturated carbocycles. The number of amides is 2. The van der Waals surface area contributed by atoms with Gasteiger partial charge >= 0.3 is 0 Å². The van der Waals surface area contributed by atoms with Gasteiger partial charge in [0.05, 0.1) is 24.4 Å². The first-order chi connectivity index (χ1) is 12.1. The SMILES string of the molecule is COCCc1cc(NC(=O)c2ccc3c(c2)C(=O)NCCO3)n(C)n1. The van der Waals surface area contributed by atoms with Gasteiger partial charge in [-0.05, 0) is 18.2 Å². The highest BCUT2D eigenvalue weighted by molar-refractivity contribution is 6.06. The van der Waals surface area contributed by atoms with Crippen molar-refractivity contribution < 1.29 is 19.1 Å². The average molecular weight is 344 g/mol. The van der Waals surface area contributed by atoms with Crippen LogP contribution in [-0.4, -0.2) is 48.5 Å². The number of aromatic nitrogens is 2. The molecule has 2 N–H and O–H groups in total. The van der Waals surface area contributed by atoms with Crippen molar-refractivity contribution in [2.45, 2.75) is 6.42 Å². The molecule has 0 atom stereocenters. The third-order valence-corrected chi connectivity index (χ3v) is 3.87. The highest BCUT2D eigenvalue weighted by Gasteiger charge is 2.19. The van der Waals surface area contributed by atoms with Gasteiger partial charge < -0.3 is 20.1 Å². The number of anilines is 1. The van der Waals surface area contributed by atoms with Gasteiger partial charge in [0.2, 0.25) is 0 Å². The number of carbonyl (C=O) groups excluding carboxylic acids is 2. The minimum Gasteiger partial charge on any atom is -0.491 e. The van der Waals surface area contributed by atoms with E-state index in [1.54, 1.807) is 37.0 Å². The Morgan fingerprint density at radius 3 is 3.08 bits per heavy atom. The zero-order chi connectivity index (χ0) is 17.8. The molecule has 1 aliphatic rings. The number of benzene rings is 1. The van der Waals surface area contributed by atoms with Gasteiger partial charge in [-0.3, -0.25) is 14.3 Å². The molecule has 0 bridgehead atoms. The predicted molar refractivity (Wildman–Crippen MR) is 91.0 cm³/mol. The first-order valence-corrected chi connectivity index (χ1v) is 7.96. The molecule has 0 spiro atoms. The van der Waals surface area contributed by atoms with Crippen molar-refractivity contribution in [3.8, 4) is 5.75 Å². The number of rotatable bonds is 5. The molecule has 0 unspecified atom stereocenters. The first kappa shape index (κ1) is 17.0. The van der Waals surface area contributed by atoms with Crippen molar-refractivity contribution in [2.24, 2.45) is 7.05 Å². The van der Waals surface area contributed by atoms with Gasteiger partial charge in [0, 0.05) is 32.2 Å². The molecule has 2 amide bonds. The van der Waals surface area contributed by atoms with Gasteiger partial charge in [-0.1, -0.05) is 0 Å². The Morgan fingerprint density at radius 1 is 1.44 bits per heavy atom. The van der Waals surface area contributed by atoms with E-state index in [1.807, 2.05) is 0 Å². The molecule has 25 heavy (non-hydrogen) atoms. The van der Waals surface area contributed by atoms with E-state index < -0.39 is 0 Å². The van der Waals surface area contributed by atoms with Gasteiger partial charge in [0.15, 0.2) is 0 Å². The van der Waals surface area contributed by atoms with E-state index in [-0.39, 0.29) is 11.8 Å². The summed E-state index contributed by atoms with van der Waals surface area (Å²) in [5.74, 6) is 0.492. The summed E-state index contributed by atoms with van der Waals surface area (Å²) in [7, 11) is 3.38. The smallest absolute Gasteiger partial charge is 0.256 e. The molecule has 3 rings (SSSR count). The van der Waals surface area contributed by atoms with E-state index in [1.165, 1.54) is 6.07 Å². The minimum absolute atomic E-state index is 0.246. The molecule has 1 aliphatic heterocycles. The fourth-order valence-corrected chi connectivity index (χ4v) is 2.56. The summed E-state index contributed by atoms with van der Waals surface area (Å²) in [6.07, 6.45) is 0.663. The Bertz CT molecular complexity index is 800. The molecular formula is C17H20N4O4. The molecule has 0 radical (unpaired) electrons. The highest BCUT2D eigenvalue weighted by Crippen LogP contribution is 2.22. The maximum atomic E-state index is 12.5. The molecule has 2 heterocycles. The third-order valence-electron chi connectivity index (χ3n) is 3.87. The van der Waals surface area contributed by atoms with E-state index in [0.717, 1.165) is 5.69 Å². The van der Waals surface area contributed by atoms with Crippen LogP contribution in [0.2, 0.25) is 0 Å². The number of hydrogen-bond donors (Lipinski definition) is 2. The molecule has 2 aromatic rings. The lowest BCUT2D eigenvalue weighted by Gasteiger charge is -2.09. The number of nitrogens with one attached hydrogen (secondary N) is 2. The number of ether oxygens (including phenoxy) is 2. The van der Waals surface area contributed by atoms with Crippen molar-refractivity contribution in [3.05, 3.63) is 41.1 Å². The Morgan fingerprint density at radius 2 is 2.28 bits per heavy atom. The standard InChI is InChI=1S/C17H20N4O4/c1-21-15(10-12(20-21)5-7-24-2)19-16(22)11-3-4-14-13(9-11)17(23)18-6-8-25-14/h3-4,9-10H,5-8H2,1-2H3,(H,18,23)(H,19,22). The van der Waals surface area contributed by atoms with Crippen LogP contribution in [0.3, 0.4) is 0 Å². The lowest BCUT2D eigenvalue weighted by Crippen LogP contribution is -2.24. The maximum absolute atomic E-state index is 12.5. The Hall–Kier alpha value is -2.87. The van der Waals surface area contributed by atoms with Crippen LogP contribution < -0.4 is 15.4 Å². The Balaban J connectivity index is 1.78. The summed E-state index contributed by atoms with van der Waals surface area (Å²) < 4.78 is 12.1. The zero-order valence-electron chi connectivity index (χ0n) is 14.2. The van der Waals surface area contributed by atoms with E-state index in [2.05, 4.69) is 15.7 Å². The molecule has 0 aliphatic carbocycles. The van der Waals surface area contributed by atoms with Crippen LogP contribution in [0.1, 0.15) is 26.4 Å². The van der Waals surface area contributed by atoms with E-state index in [0.29, 0.717) is 48.9 Å². The van der Waals surface area contributed by atoms with Crippen molar-refractivity contribution in [2.75, 3.05) is 32.2 Å². The number of hydrogen-bond acceptors (Lipinski definition) is 5. The molecule has 132 valence electrons. The van der Waals surface area contributed by atoms with Crippen molar-refractivity contribution in [3.63, 3.8) is 0 Å². The number of fused-ring (bicyclic) bond motifs is 1. The van der Waals surface area contributed by atoms with Crippen molar-refractivity contribution >= 4 is 17.6 Å². The Kier molecular flexibility index (Phi) is 4.99. The van der Waals surface area contributed by atoms with Crippen molar-refractivity contribution in [1.82, 2.24) is 15.1 Å². The van der Waals surface area contributed by atoms with Gasteiger partial charge in [0.1, 0.15) is 18.2 Å². The highest BCUT2D eigenvalue weighted by atomic mass is 16.5. The number of aryl methyl sites for hydroxylation is 1. The van der Waals surface area contributed by atoms with Crippen LogP contribution >= 0.6 is 0 Å². The summed E-state index contributed by atoms with van der Waals surface area (Å²) >= 11 is 0. The average Bonchev–Trinajstić information content (AvgIpc) is 2.84. The summed E-state index contributed by atoms with van der Waals surface area (Å²) in [5.41, 5.74) is 1.56. The lowest BCUT2D eigenvalue weighted by molar-refractivity contribution is 0.0957. The van der Waals surface area contributed by atoms with Gasteiger partial charge in [-0.2, -0.15) is 5.10 Å². The monoisotopic (exact) mass is 344 g/mol. The predicted octanol–water partition coefficient (Wildman–Crippen LogP) is 0.983. The molecular weight excluding hydrogens is 324 g/mol. The van der Waals surface area contributed by atoms with Crippen LogP contribution in [0, 0.1) is 0 Å². The topological polar surface area (TPSA) is 94.5 Å². The van der Waals surface area contributed by atoms with Gasteiger partial charge in [0.25, 0.3) is 11.8 Å². The van der Waals surface area contributed by atoms with Gasteiger partial charge in [-0.15, -0.1) is 0 Å². The van der Waals surface area contributed by atoms with E-state index in [9.17, 15) is 9.59 Å². The fraction of sp³-hybridized carbons (Fsp3) is 0.353. The Labute approximate surface area is 145 Å². The summed E-state index contributed by atoms with van der Waals surface area (Å²) in [4.78, 5) is 24.6. The van der Waals surface area contributed by atoms with Gasteiger partial charge in [-0.25, -0.2) is 0 Å². The summed E-state index contributed by atoms with van der Waals surface area (Å²) in [5, 5.41) is 9.86. The van der Waals surface area contributed by atoms with Crippen LogP contribution in [0.25, 0.3) is 0 Å². The normalized spacial score (nSPS) is 13.4. The lowest BCUT2D eigenvalue weighted by atomic mass is 10.1. The quantitative estimate of drug-likeness (QED) is 0.843. The molecule has 1 aromatic carbocycles. The molecule has 8 nitrogen and oxygen atoms in total. The van der Waals surface area contributed by atoms with Crippen LogP contribution in [0.5, 0.6) is 5.75 Å². The number of methoxy groups -OCH3 is 1. The zero-order valence-corrected chi connectivity index (χ0v) is 14.2. The fourth-order valence-electron chi connectivity index (χ4n) is 2.56. The minimum atomic E-state index is -0.318. The van der Waals surface area contributed by atoms with E-state index in [4.69, 9.17) is 9.47 Å². The molecule has 8 heteroatoms. The van der Waals surface area contributed by atoms with Crippen LogP contribution in [-0.2, 0) is 18.2 Å². The molecule has 0 fully saturated rings. The second-order valence-corrected chi connectivity index (χ2v) is 5.66. The summed E-state index contributed by atoms with van der Waals surface area (Å²) in [6.45, 7) is 1.40. The third kappa shape index (κ3) is 3.80. The van der Waals surface area contributed by atoms with Crippen LogP contribution in [0.15, 0.2) is 24.3 Å². The second kappa shape index (κ2) is 7.35. The summed E-state index contributed by atoms with van der Waals surface area (Å²) in [6, 6.07) is 6.61. The van der Waals surface area contributed by atoms with Crippen molar-refractivity contribution in [1.29, 1.82) is 0 Å². The molecule has 1 aromatic heterocycles.